The Hall–Kier alpha value is -1.39. The van der Waals surface area contributed by atoms with Crippen LogP contribution < -0.4 is 0 Å². The third-order valence-electron chi connectivity index (χ3n) is 3.54. The van der Waals surface area contributed by atoms with Gasteiger partial charge in [-0.15, -0.1) is 10.2 Å². The van der Waals surface area contributed by atoms with Crippen molar-refractivity contribution in [2.45, 2.75) is 39.5 Å². The van der Waals surface area contributed by atoms with E-state index in [9.17, 15) is 4.79 Å². The van der Waals surface area contributed by atoms with E-state index >= 15 is 0 Å². The summed E-state index contributed by atoms with van der Waals surface area (Å²) in [7, 11) is 1.97. The molecule has 0 N–H and O–H groups in total. The minimum absolute atomic E-state index is 0.249. The molecule has 5 nitrogen and oxygen atoms in total. The zero-order valence-electron chi connectivity index (χ0n) is 11.7. The first kappa shape index (κ1) is 13.1. The Kier molecular flexibility index (Phi) is 3.41. The van der Waals surface area contributed by atoms with Crippen LogP contribution >= 0.6 is 0 Å². The number of aryl methyl sites for hydroxylation is 1. The lowest BCUT2D eigenvalue weighted by molar-refractivity contribution is -0.140. The van der Waals surface area contributed by atoms with Crippen LogP contribution in [0, 0.1) is 5.41 Å². The van der Waals surface area contributed by atoms with Gasteiger partial charge in [0.1, 0.15) is 12.2 Å². The summed E-state index contributed by atoms with van der Waals surface area (Å²) in [5.74, 6) is 1.72. The van der Waals surface area contributed by atoms with Crippen molar-refractivity contribution in [1.82, 2.24) is 19.7 Å². The van der Waals surface area contributed by atoms with E-state index in [1.54, 1.807) is 6.33 Å². The number of rotatable bonds is 1. The lowest BCUT2D eigenvalue weighted by atomic mass is 9.91. The predicted octanol–water partition coefficient (Wildman–Crippen LogP) is 1.57. The van der Waals surface area contributed by atoms with Crippen LogP contribution in [0.25, 0.3) is 0 Å². The van der Waals surface area contributed by atoms with Gasteiger partial charge in [-0.25, -0.2) is 0 Å². The van der Waals surface area contributed by atoms with Crippen molar-refractivity contribution in [3.05, 3.63) is 12.2 Å². The smallest absolute Gasteiger partial charge is 0.227 e. The van der Waals surface area contributed by atoms with Crippen molar-refractivity contribution >= 4 is 5.91 Å². The van der Waals surface area contributed by atoms with Crippen LogP contribution in [0.1, 0.15) is 45.4 Å². The average Bonchev–Trinajstić information content (AvgIpc) is 2.73. The van der Waals surface area contributed by atoms with Crippen molar-refractivity contribution < 1.29 is 4.79 Å². The van der Waals surface area contributed by atoms with Crippen molar-refractivity contribution in [2.75, 3.05) is 13.1 Å². The minimum Gasteiger partial charge on any atom is -0.342 e. The number of piperidine rings is 1. The van der Waals surface area contributed by atoms with Crippen LogP contribution in [0.15, 0.2) is 6.33 Å². The Morgan fingerprint density at radius 3 is 2.39 bits per heavy atom. The Labute approximate surface area is 108 Å². The van der Waals surface area contributed by atoms with Gasteiger partial charge in [-0.3, -0.25) is 4.79 Å². The van der Waals surface area contributed by atoms with Gasteiger partial charge in [-0.2, -0.15) is 0 Å². The monoisotopic (exact) mass is 250 g/mol. The van der Waals surface area contributed by atoms with Crippen LogP contribution in [-0.4, -0.2) is 38.7 Å². The van der Waals surface area contributed by atoms with E-state index in [1.165, 1.54) is 0 Å². The van der Waals surface area contributed by atoms with Crippen molar-refractivity contribution in [3.63, 3.8) is 0 Å². The second kappa shape index (κ2) is 4.71. The summed E-state index contributed by atoms with van der Waals surface area (Å²) in [5, 5.41) is 8.09. The molecule has 0 aliphatic carbocycles. The molecule has 5 heteroatoms. The van der Waals surface area contributed by atoms with Gasteiger partial charge in [0.15, 0.2) is 0 Å². The SMILES string of the molecule is Cn1cnnc1C1CCN(C(=O)C(C)(C)C)CC1. The number of hydrogen-bond acceptors (Lipinski definition) is 3. The third-order valence-corrected chi connectivity index (χ3v) is 3.54. The normalized spacial score (nSPS) is 18.1. The number of aromatic nitrogens is 3. The van der Waals surface area contributed by atoms with Crippen LogP contribution in [0.5, 0.6) is 0 Å². The van der Waals surface area contributed by atoms with E-state index in [4.69, 9.17) is 0 Å². The molecule has 0 unspecified atom stereocenters. The zero-order valence-corrected chi connectivity index (χ0v) is 11.7. The molecule has 0 atom stereocenters. The third kappa shape index (κ3) is 2.54. The topological polar surface area (TPSA) is 51.0 Å². The van der Waals surface area contributed by atoms with E-state index in [-0.39, 0.29) is 11.3 Å². The first-order valence-corrected chi connectivity index (χ1v) is 6.53. The van der Waals surface area contributed by atoms with Gasteiger partial charge in [0, 0.05) is 31.5 Å². The van der Waals surface area contributed by atoms with Crippen LogP contribution in [0.2, 0.25) is 0 Å². The Bertz CT molecular complexity index is 424. The van der Waals surface area contributed by atoms with Crippen molar-refractivity contribution in [1.29, 1.82) is 0 Å². The molecule has 1 aliphatic rings. The number of hydrogen-bond donors (Lipinski definition) is 0. The first-order chi connectivity index (χ1) is 8.39. The number of amides is 1. The number of nitrogens with zero attached hydrogens (tertiary/aromatic N) is 4. The van der Waals surface area contributed by atoms with E-state index < -0.39 is 0 Å². The van der Waals surface area contributed by atoms with Gasteiger partial charge < -0.3 is 9.47 Å². The molecule has 2 heterocycles. The molecule has 18 heavy (non-hydrogen) atoms. The van der Waals surface area contributed by atoms with E-state index in [0.29, 0.717) is 5.92 Å². The molecule has 1 amide bonds. The van der Waals surface area contributed by atoms with E-state index in [1.807, 2.05) is 37.3 Å². The maximum absolute atomic E-state index is 12.2. The summed E-state index contributed by atoms with van der Waals surface area (Å²) in [6.45, 7) is 7.58. The predicted molar refractivity (Wildman–Crippen MR) is 69.0 cm³/mol. The molecule has 1 fully saturated rings. The molecule has 2 rings (SSSR count). The second-order valence-electron chi connectivity index (χ2n) is 6.12. The molecule has 1 saturated heterocycles. The molecule has 1 aliphatic heterocycles. The second-order valence-corrected chi connectivity index (χ2v) is 6.12. The highest BCUT2D eigenvalue weighted by Crippen LogP contribution is 2.28. The zero-order chi connectivity index (χ0) is 13.3. The van der Waals surface area contributed by atoms with Gasteiger partial charge in [0.25, 0.3) is 0 Å². The average molecular weight is 250 g/mol. The van der Waals surface area contributed by atoms with E-state index in [2.05, 4.69) is 10.2 Å². The number of carbonyl (C=O) groups is 1. The fourth-order valence-corrected chi connectivity index (χ4v) is 2.48. The Morgan fingerprint density at radius 1 is 1.33 bits per heavy atom. The highest BCUT2D eigenvalue weighted by molar-refractivity contribution is 5.81. The first-order valence-electron chi connectivity index (χ1n) is 6.53. The Morgan fingerprint density at radius 2 is 1.94 bits per heavy atom. The summed E-state index contributed by atoms with van der Waals surface area (Å²) in [4.78, 5) is 14.2. The fourth-order valence-electron chi connectivity index (χ4n) is 2.48. The molecule has 1 aromatic heterocycles. The molecule has 0 spiro atoms. The lowest BCUT2D eigenvalue weighted by Crippen LogP contribution is -2.44. The molecular formula is C13H22N4O. The van der Waals surface area contributed by atoms with Gasteiger partial charge >= 0.3 is 0 Å². The highest BCUT2D eigenvalue weighted by atomic mass is 16.2. The van der Waals surface area contributed by atoms with Gasteiger partial charge in [0.2, 0.25) is 5.91 Å². The minimum atomic E-state index is -0.280. The van der Waals surface area contributed by atoms with Crippen LogP contribution in [0.3, 0.4) is 0 Å². The van der Waals surface area contributed by atoms with Crippen LogP contribution in [0.4, 0.5) is 0 Å². The molecule has 100 valence electrons. The molecule has 0 saturated carbocycles. The molecule has 0 bridgehead atoms. The van der Waals surface area contributed by atoms with E-state index in [0.717, 1.165) is 31.8 Å². The standard InChI is InChI=1S/C13H22N4O/c1-13(2,3)12(18)17-7-5-10(6-8-17)11-15-14-9-16(11)4/h9-10H,5-8H2,1-4H3. The summed E-state index contributed by atoms with van der Waals surface area (Å²) in [6.07, 6.45) is 3.70. The summed E-state index contributed by atoms with van der Waals surface area (Å²) in [5.41, 5.74) is -0.280. The Balaban J connectivity index is 1.97. The molecule has 0 radical (unpaired) electrons. The fraction of sp³-hybridized carbons (Fsp3) is 0.769. The van der Waals surface area contributed by atoms with Gasteiger partial charge in [-0.05, 0) is 12.8 Å². The largest absolute Gasteiger partial charge is 0.342 e. The molecule has 1 aromatic rings. The van der Waals surface area contributed by atoms with Gasteiger partial charge in [-0.1, -0.05) is 20.8 Å². The number of likely N-dealkylation sites (tertiary alicyclic amines) is 1. The molecule has 0 aromatic carbocycles. The summed E-state index contributed by atoms with van der Waals surface area (Å²) >= 11 is 0. The van der Waals surface area contributed by atoms with Crippen molar-refractivity contribution in [2.24, 2.45) is 12.5 Å². The summed E-state index contributed by atoms with van der Waals surface area (Å²) < 4.78 is 1.98. The highest BCUT2D eigenvalue weighted by Gasteiger charge is 2.31. The lowest BCUT2D eigenvalue weighted by Gasteiger charge is -2.35. The van der Waals surface area contributed by atoms with Crippen molar-refractivity contribution in [3.8, 4) is 0 Å². The van der Waals surface area contributed by atoms with Crippen LogP contribution in [-0.2, 0) is 11.8 Å². The maximum atomic E-state index is 12.2. The number of carbonyl (C=O) groups excluding carboxylic acids is 1. The maximum Gasteiger partial charge on any atom is 0.227 e. The summed E-state index contributed by atoms with van der Waals surface area (Å²) in [6, 6.07) is 0. The van der Waals surface area contributed by atoms with Gasteiger partial charge in [0.05, 0.1) is 0 Å². The quantitative estimate of drug-likeness (QED) is 0.760. The molecular weight excluding hydrogens is 228 g/mol.